The van der Waals surface area contributed by atoms with Gasteiger partial charge in [0.05, 0.1) is 4.88 Å². The van der Waals surface area contributed by atoms with E-state index in [0.717, 1.165) is 16.5 Å². The van der Waals surface area contributed by atoms with Gasteiger partial charge in [-0.1, -0.05) is 75.7 Å². The van der Waals surface area contributed by atoms with Gasteiger partial charge < -0.3 is 4.52 Å². The number of thiophene rings is 1. The van der Waals surface area contributed by atoms with Crippen LogP contribution in [0.2, 0.25) is 0 Å². The molecule has 0 amide bonds. The molecule has 142 valence electrons. The van der Waals surface area contributed by atoms with Crippen molar-refractivity contribution in [3.63, 3.8) is 0 Å². The van der Waals surface area contributed by atoms with E-state index < -0.39 is 11.1 Å². The third-order valence-corrected chi connectivity index (χ3v) is 5.89. The Morgan fingerprint density at radius 3 is 2.32 bits per heavy atom. The highest BCUT2D eigenvalue weighted by atomic mass is 79.9. The average molecular weight is 465 g/mol. The fraction of sp³-hybridized carbons (Fsp3) is 0.100. The molecule has 0 saturated heterocycles. The largest absolute Gasteiger partial charge is 0.426 e. The molecule has 0 saturated carbocycles. The van der Waals surface area contributed by atoms with Gasteiger partial charge in [0.15, 0.2) is 0 Å². The van der Waals surface area contributed by atoms with Crippen molar-refractivity contribution in [1.29, 1.82) is 0 Å². The molecule has 4 rings (SSSR count). The van der Waals surface area contributed by atoms with Crippen molar-refractivity contribution in [2.24, 2.45) is 0 Å². The topological polar surface area (TPSA) is 38.9 Å². The van der Waals surface area contributed by atoms with Crippen LogP contribution < -0.4 is 0 Å². The van der Waals surface area contributed by atoms with Gasteiger partial charge >= 0.3 is 6.18 Å². The summed E-state index contributed by atoms with van der Waals surface area (Å²) in [6.07, 6.45) is -4.47. The maximum Gasteiger partial charge on any atom is 0.426 e. The predicted octanol–water partition coefficient (Wildman–Crippen LogP) is 7.05. The highest BCUT2D eigenvalue weighted by Crippen LogP contribution is 2.45. The van der Waals surface area contributed by atoms with E-state index in [1.165, 1.54) is 6.07 Å². The molecule has 0 fully saturated rings. The van der Waals surface area contributed by atoms with Crippen molar-refractivity contribution < 1.29 is 17.7 Å². The summed E-state index contributed by atoms with van der Waals surface area (Å²) in [5.74, 6) is 0.400. The minimum absolute atomic E-state index is 0.0669. The van der Waals surface area contributed by atoms with Crippen LogP contribution in [0.25, 0.3) is 33.3 Å². The van der Waals surface area contributed by atoms with E-state index in [1.807, 2.05) is 24.3 Å². The zero-order valence-electron chi connectivity index (χ0n) is 14.2. The lowest BCUT2D eigenvalue weighted by Gasteiger charge is -2.07. The van der Waals surface area contributed by atoms with Crippen LogP contribution in [-0.2, 0) is 11.5 Å². The quantitative estimate of drug-likeness (QED) is 0.304. The van der Waals surface area contributed by atoms with Crippen LogP contribution in [0.1, 0.15) is 10.4 Å². The van der Waals surface area contributed by atoms with Gasteiger partial charge in [-0.3, -0.25) is 0 Å². The van der Waals surface area contributed by atoms with Gasteiger partial charge in [0.1, 0.15) is 4.88 Å². The predicted molar refractivity (Wildman–Crippen MR) is 106 cm³/mol. The molecular formula is C20H12BrF3N2OS. The van der Waals surface area contributed by atoms with Crippen LogP contribution in [0.3, 0.4) is 0 Å². The van der Waals surface area contributed by atoms with Gasteiger partial charge in [-0.15, -0.1) is 11.3 Å². The van der Waals surface area contributed by atoms with E-state index in [0.29, 0.717) is 22.7 Å². The molecule has 2 aromatic heterocycles. The maximum absolute atomic E-state index is 13.5. The van der Waals surface area contributed by atoms with Crippen molar-refractivity contribution in [3.05, 3.63) is 71.1 Å². The van der Waals surface area contributed by atoms with Crippen molar-refractivity contribution in [3.8, 4) is 33.3 Å². The van der Waals surface area contributed by atoms with Crippen LogP contribution in [0.5, 0.6) is 0 Å². The average Bonchev–Trinajstić information content (AvgIpc) is 3.36. The first-order chi connectivity index (χ1) is 13.5. The molecule has 2 aromatic carbocycles. The Labute approximate surface area is 171 Å². The number of hydrogen-bond donors (Lipinski definition) is 0. The molecule has 0 N–H and O–H groups in total. The summed E-state index contributed by atoms with van der Waals surface area (Å²) >= 11 is 3.98. The fourth-order valence-corrected chi connectivity index (χ4v) is 4.07. The second-order valence-corrected chi connectivity index (χ2v) is 7.58. The standard InChI is InChI=1S/C20H12BrF3N2OS/c21-11-12-6-8-14(9-7-12)18-25-19(27-26-18)16-10-15(13-4-2-1-3-5-13)17(28-16)20(22,23)24/h1-10H,11H2. The van der Waals surface area contributed by atoms with E-state index in [4.69, 9.17) is 4.52 Å². The molecule has 0 aliphatic heterocycles. The zero-order chi connectivity index (χ0) is 19.7. The Morgan fingerprint density at radius 1 is 0.964 bits per heavy atom. The number of aromatic nitrogens is 2. The monoisotopic (exact) mass is 464 g/mol. The first-order valence-corrected chi connectivity index (χ1v) is 10.2. The lowest BCUT2D eigenvalue weighted by Crippen LogP contribution is -2.03. The molecule has 0 aliphatic carbocycles. The van der Waals surface area contributed by atoms with E-state index >= 15 is 0 Å². The Bertz CT molecular complexity index is 1090. The SMILES string of the molecule is FC(F)(F)c1sc(-c2nc(-c3ccc(CBr)cc3)no2)cc1-c1ccccc1. The number of hydrogen-bond acceptors (Lipinski definition) is 4. The lowest BCUT2D eigenvalue weighted by molar-refractivity contribution is -0.133. The lowest BCUT2D eigenvalue weighted by atomic mass is 10.1. The molecule has 0 radical (unpaired) electrons. The molecule has 2 heterocycles. The van der Waals surface area contributed by atoms with E-state index in [2.05, 4.69) is 26.1 Å². The van der Waals surface area contributed by atoms with E-state index in [1.54, 1.807) is 30.3 Å². The van der Waals surface area contributed by atoms with Crippen LogP contribution in [0, 0.1) is 0 Å². The summed E-state index contributed by atoms with van der Waals surface area (Å²) in [5.41, 5.74) is 2.42. The highest BCUT2D eigenvalue weighted by Gasteiger charge is 2.37. The van der Waals surface area contributed by atoms with Crippen molar-refractivity contribution >= 4 is 27.3 Å². The second kappa shape index (κ2) is 7.52. The molecule has 0 spiro atoms. The Balaban J connectivity index is 1.74. The van der Waals surface area contributed by atoms with Gasteiger partial charge in [-0.25, -0.2) is 0 Å². The van der Waals surface area contributed by atoms with Crippen LogP contribution in [0.15, 0.2) is 65.2 Å². The molecule has 0 aliphatic rings. The summed E-state index contributed by atoms with van der Waals surface area (Å²) in [6, 6.07) is 17.4. The summed E-state index contributed by atoms with van der Waals surface area (Å²) < 4.78 is 45.9. The zero-order valence-corrected chi connectivity index (χ0v) is 16.6. The molecular weight excluding hydrogens is 453 g/mol. The summed E-state index contributed by atoms with van der Waals surface area (Å²) in [4.78, 5) is 3.88. The van der Waals surface area contributed by atoms with Gasteiger partial charge in [0, 0.05) is 16.5 Å². The number of alkyl halides is 4. The van der Waals surface area contributed by atoms with Crippen LogP contribution in [0.4, 0.5) is 13.2 Å². The van der Waals surface area contributed by atoms with Gasteiger partial charge in [0.2, 0.25) is 5.82 Å². The van der Waals surface area contributed by atoms with E-state index in [9.17, 15) is 13.2 Å². The second-order valence-electron chi connectivity index (χ2n) is 5.97. The number of benzene rings is 2. The Hall–Kier alpha value is -2.45. The molecule has 8 heteroatoms. The Kier molecular flexibility index (Phi) is 5.07. The van der Waals surface area contributed by atoms with Gasteiger partial charge in [0.25, 0.3) is 5.89 Å². The summed E-state index contributed by atoms with van der Waals surface area (Å²) in [7, 11) is 0. The third-order valence-electron chi connectivity index (χ3n) is 4.08. The maximum atomic E-state index is 13.5. The van der Waals surface area contributed by atoms with Gasteiger partial charge in [-0.05, 0) is 17.2 Å². The van der Waals surface area contributed by atoms with Gasteiger partial charge in [-0.2, -0.15) is 18.2 Å². The van der Waals surface area contributed by atoms with E-state index in [-0.39, 0.29) is 16.3 Å². The minimum Gasteiger partial charge on any atom is -0.333 e. The third kappa shape index (κ3) is 3.74. The number of halogens is 4. The molecule has 0 bridgehead atoms. The smallest absolute Gasteiger partial charge is 0.333 e. The minimum atomic E-state index is -4.47. The fourth-order valence-electron chi connectivity index (χ4n) is 2.72. The summed E-state index contributed by atoms with van der Waals surface area (Å²) in [6.45, 7) is 0. The first kappa shape index (κ1) is 18.9. The number of rotatable bonds is 4. The molecule has 0 unspecified atom stereocenters. The Morgan fingerprint density at radius 2 is 1.68 bits per heavy atom. The van der Waals surface area contributed by atoms with Crippen molar-refractivity contribution in [2.75, 3.05) is 0 Å². The molecule has 4 aromatic rings. The highest BCUT2D eigenvalue weighted by molar-refractivity contribution is 9.08. The summed E-state index contributed by atoms with van der Waals surface area (Å²) in [5, 5.41) is 4.64. The normalized spacial score (nSPS) is 11.7. The van der Waals surface area contributed by atoms with Crippen LogP contribution in [-0.4, -0.2) is 10.1 Å². The van der Waals surface area contributed by atoms with Crippen LogP contribution >= 0.6 is 27.3 Å². The number of nitrogens with zero attached hydrogens (tertiary/aromatic N) is 2. The van der Waals surface area contributed by atoms with Crippen molar-refractivity contribution in [2.45, 2.75) is 11.5 Å². The molecule has 28 heavy (non-hydrogen) atoms. The molecule has 3 nitrogen and oxygen atoms in total. The molecule has 0 atom stereocenters. The first-order valence-electron chi connectivity index (χ1n) is 8.21. The van der Waals surface area contributed by atoms with Crippen molar-refractivity contribution in [1.82, 2.24) is 10.1 Å².